The topological polar surface area (TPSA) is 154 Å². The third-order valence-corrected chi connectivity index (χ3v) is 6.97. The lowest BCUT2D eigenvalue weighted by Crippen LogP contribution is -2.39. The third kappa shape index (κ3) is 4.63. The molecule has 7 atom stereocenters. The summed E-state index contributed by atoms with van der Waals surface area (Å²) in [4.78, 5) is 24.1. The minimum atomic E-state index is -2.84. The summed E-state index contributed by atoms with van der Waals surface area (Å²) in [5, 5.41) is 13.3. The van der Waals surface area contributed by atoms with Crippen LogP contribution in [0.4, 0.5) is 10.2 Å². The van der Waals surface area contributed by atoms with Gasteiger partial charge in [-0.3, -0.25) is 9.36 Å². The van der Waals surface area contributed by atoms with E-state index < -0.39 is 49.8 Å². The number of alkyl halides is 1. The Kier molecular flexibility index (Phi) is 7.18. The van der Waals surface area contributed by atoms with Crippen molar-refractivity contribution in [3.05, 3.63) is 12.7 Å². The quantitative estimate of drug-likeness (QED) is 0.381. The van der Waals surface area contributed by atoms with Gasteiger partial charge in [0.2, 0.25) is 0 Å². The Balaban J connectivity index is 1.72. The molecule has 0 bridgehead atoms. The summed E-state index contributed by atoms with van der Waals surface area (Å²) < 4.78 is 40.1. The summed E-state index contributed by atoms with van der Waals surface area (Å²) in [6.45, 7) is 7.84. The molecule has 2 aromatic rings. The van der Waals surface area contributed by atoms with E-state index in [1.165, 1.54) is 26.5 Å². The maximum Gasteiger partial charge on any atom is 0.323 e. The van der Waals surface area contributed by atoms with Gasteiger partial charge in [-0.2, -0.15) is 0 Å². The maximum absolute atomic E-state index is 15.7. The Morgan fingerprint density at radius 1 is 1.41 bits per heavy atom. The summed E-state index contributed by atoms with van der Waals surface area (Å²) in [7, 11) is -2.84. The number of esters is 1. The minimum absolute atomic E-state index is 0.168. The number of carbonyl (C=O) groups is 1. The number of aliphatic hydroxyl groups is 1. The fourth-order valence-corrected chi connectivity index (χ4v) is 5.15. The zero-order chi connectivity index (χ0) is 23.8. The first-order valence-corrected chi connectivity index (χ1v) is 11.7. The molecule has 1 aliphatic rings. The number of halogens is 1. The molecule has 32 heavy (non-hydrogen) atoms. The Labute approximate surface area is 185 Å². The first kappa shape index (κ1) is 24.5. The number of fused-ring (bicyclic) bond motifs is 1. The van der Waals surface area contributed by atoms with Crippen molar-refractivity contribution in [1.82, 2.24) is 24.6 Å². The number of aromatic nitrogens is 4. The standard InChI is InChI=1S/C19H30FN6O5P/c1-9(2)31-18(28)11(4)25-32(29)30-6-12-10(3)14(19(5,20)15(12)27)26-8-24-13-16(21)22-7-23-17(13)26/h7-12,14-15,27,32H,6H2,1-5H3,(H,25,29)(H2,21,22,23)/t10?,11-,12?,14+,15+,19-/m0/s1. The molecule has 1 saturated carbocycles. The number of nitrogens with one attached hydrogen (secondary N) is 1. The van der Waals surface area contributed by atoms with Gasteiger partial charge in [0, 0.05) is 5.92 Å². The molecule has 1 aliphatic carbocycles. The lowest BCUT2D eigenvalue weighted by Gasteiger charge is -2.28. The second-order valence-electron chi connectivity index (χ2n) is 8.60. The van der Waals surface area contributed by atoms with Gasteiger partial charge in [0.25, 0.3) is 8.18 Å². The second-order valence-corrected chi connectivity index (χ2v) is 9.75. The highest BCUT2D eigenvalue weighted by molar-refractivity contribution is 7.36. The van der Waals surface area contributed by atoms with Crippen molar-refractivity contribution in [3.8, 4) is 0 Å². The van der Waals surface area contributed by atoms with Crippen LogP contribution in [-0.4, -0.2) is 61.1 Å². The molecule has 2 heterocycles. The van der Waals surface area contributed by atoms with E-state index in [-0.39, 0.29) is 18.5 Å². The van der Waals surface area contributed by atoms with Gasteiger partial charge in [0.15, 0.2) is 17.1 Å². The van der Waals surface area contributed by atoms with Crippen molar-refractivity contribution < 1.29 is 28.1 Å². The van der Waals surface area contributed by atoms with Crippen LogP contribution in [0.1, 0.15) is 40.7 Å². The number of hydrogen-bond donors (Lipinski definition) is 3. The van der Waals surface area contributed by atoms with Crippen LogP contribution in [0.25, 0.3) is 11.2 Å². The zero-order valence-corrected chi connectivity index (χ0v) is 19.7. The first-order chi connectivity index (χ1) is 14.9. The molecule has 0 saturated heterocycles. The van der Waals surface area contributed by atoms with Gasteiger partial charge in [0.05, 0.1) is 31.2 Å². The Hall–Kier alpha value is -2.14. The summed E-state index contributed by atoms with van der Waals surface area (Å²) >= 11 is 0. The molecule has 0 aromatic carbocycles. The van der Waals surface area contributed by atoms with Crippen molar-refractivity contribution in [2.24, 2.45) is 11.8 Å². The number of carbonyl (C=O) groups excluding carboxylic acids is 1. The molecule has 4 N–H and O–H groups in total. The highest BCUT2D eigenvalue weighted by atomic mass is 31.1. The van der Waals surface area contributed by atoms with E-state index in [0.717, 1.165) is 0 Å². The van der Waals surface area contributed by atoms with E-state index in [2.05, 4.69) is 20.0 Å². The number of anilines is 1. The number of nitrogens with zero attached hydrogens (tertiary/aromatic N) is 4. The van der Waals surface area contributed by atoms with E-state index >= 15 is 4.39 Å². The molecule has 13 heteroatoms. The second kappa shape index (κ2) is 9.38. The molecule has 1 fully saturated rings. The number of nitrogens with two attached hydrogens (primary N) is 1. The Bertz CT molecular complexity index is 1000. The van der Waals surface area contributed by atoms with Crippen LogP contribution in [-0.2, 0) is 18.6 Å². The van der Waals surface area contributed by atoms with Crippen LogP contribution in [0.15, 0.2) is 12.7 Å². The van der Waals surface area contributed by atoms with Gasteiger partial charge in [-0.1, -0.05) is 6.92 Å². The third-order valence-electron chi connectivity index (χ3n) is 5.87. The van der Waals surface area contributed by atoms with Gasteiger partial charge in [-0.25, -0.2) is 24.4 Å². The number of rotatable bonds is 8. The van der Waals surface area contributed by atoms with E-state index in [4.69, 9.17) is 15.0 Å². The van der Waals surface area contributed by atoms with E-state index in [9.17, 15) is 14.5 Å². The normalized spacial score (nSPS) is 30.0. The molecule has 178 valence electrons. The summed E-state index contributed by atoms with van der Waals surface area (Å²) in [5.74, 6) is -1.47. The highest BCUT2D eigenvalue weighted by Crippen LogP contribution is 2.51. The lowest BCUT2D eigenvalue weighted by molar-refractivity contribution is -0.149. The zero-order valence-electron chi connectivity index (χ0n) is 18.7. The number of hydrogen-bond acceptors (Lipinski definition) is 9. The van der Waals surface area contributed by atoms with Gasteiger partial charge >= 0.3 is 5.97 Å². The monoisotopic (exact) mass is 472 g/mol. The SMILES string of the molecule is CC(C)OC(=O)[C@H](C)N[PH](=O)OCC1C(C)[C@@H](n2cnc3c(N)ncnc32)[C@](C)(F)[C@@H]1O. The number of ether oxygens (including phenoxy) is 1. The van der Waals surface area contributed by atoms with Gasteiger partial charge in [-0.05, 0) is 33.6 Å². The average molecular weight is 472 g/mol. The fraction of sp³-hybridized carbons (Fsp3) is 0.684. The van der Waals surface area contributed by atoms with Gasteiger partial charge in [0.1, 0.15) is 17.9 Å². The molecule has 0 amide bonds. The molecule has 3 unspecified atom stereocenters. The van der Waals surface area contributed by atoms with Crippen molar-refractivity contribution in [2.45, 2.75) is 64.6 Å². The van der Waals surface area contributed by atoms with E-state index in [1.54, 1.807) is 25.3 Å². The predicted octanol–water partition coefficient (Wildman–Crippen LogP) is 1.64. The summed E-state index contributed by atoms with van der Waals surface area (Å²) in [6, 6.07) is -1.66. The maximum atomic E-state index is 15.7. The molecule has 3 rings (SSSR count). The minimum Gasteiger partial charge on any atom is -0.462 e. The largest absolute Gasteiger partial charge is 0.462 e. The molecular formula is C19H30FN6O5P. The van der Waals surface area contributed by atoms with E-state index in [1.807, 2.05) is 0 Å². The molecule has 0 spiro atoms. The molecular weight excluding hydrogens is 442 g/mol. The lowest BCUT2D eigenvalue weighted by atomic mass is 9.95. The van der Waals surface area contributed by atoms with Gasteiger partial charge < -0.3 is 24.7 Å². The summed E-state index contributed by atoms with van der Waals surface area (Å²) in [5.41, 5.74) is 4.50. The molecule has 11 nitrogen and oxygen atoms in total. The van der Waals surface area contributed by atoms with Crippen molar-refractivity contribution in [3.63, 3.8) is 0 Å². The number of aliphatic hydroxyl groups excluding tert-OH is 1. The molecule has 2 aromatic heterocycles. The van der Waals surface area contributed by atoms with Gasteiger partial charge in [-0.15, -0.1) is 0 Å². The van der Waals surface area contributed by atoms with Crippen molar-refractivity contribution in [1.29, 1.82) is 0 Å². The van der Waals surface area contributed by atoms with Crippen LogP contribution in [0, 0.1) is 11.8 Å². The van der Waals surface area contributed by atoms with Crippen LogP contribution < -0.4 is 10.8 Å². The van der Waals surface area contributed by atoms with Crippen LogP contribution in [0.3, 0.4) is 0 Å². The van der Waals surface area contributed by atoms with Crippen LogP contribution in [0.5, 0.6) is 0 Å². The van der Waals surface area contributed by atoms with E-state index in [0.29, 0.717) is 11.2 Å². The van der Waals surface area contributed by atoms with Crippen LogP contribution >= 0.6 is 8.18 Å². The summed E-state index contributed by atoms with van der Waals surface area (Å²) in [6.07, 6.45) is 1.00. The molecule has 0 radical (unpaired) electrons. The average Bonchev–Trinajstić information content (AvgIpc) is 3.18. The van der Waals surface area contributed by atoms with Crippen LogP contribution in [0.2, 0.25) is 0 Å². The molecule has 0 aliphatic heterocycles. The predicted molar refractivity (Wildman–Crippen MR) is 116 cm³/mol. The number of imidazole rings is 1. The fourth-order valence-electron chi connectivity index (χ4n) is 4.25. The highest BCUT2D eigenvalue weighted by Gasteiger charge is 2.58. The van der Waals surface area contributed by atoms with Crippen molar-refractivity contribution >= 4 is 31.1 Å². The number of nitrogen functional groups attached to an aromatic ring is 1. The smallest absolute Gasteiger partial charge is 0.323 e. The Morgan fingerprint density at radius 2 is 2.09 bits per heavy atom. The first-order valence-electron chi connectivity index (χ1n) is 10.4. The Morgan fingerprint density at radius 3 is 2.75 bits per heavy atom. The van der Waals surface area contributed by atoms with Crippen molar-refractivity contribution in [2.75, 3.05) is 12.3 Å².